The number of nitrogens with one attached hydrogen (secondary N) is 3. The number of guanidine groups is 1. The Morgan fingerprint density at radius 2 is 1.83 bits per heavy atom. The number of halogens is 3. The lowest BCUT2D eigenvalue weighted by Crippen LogP contribution is -2.34. The second-order valence-corrected chi connectivity index (χ2v) is 8.03. The molecule has 3 rings (SSSR count). The highest BCUT2D eigenvalue weighted by molar-refractivity contribution is 5.81. The zero-order valence-corrected chi connectivity index (χ0v) is 19.5. The van der Waals surface area contributed by atoms with Crippen molar-refractivity contribution in [3.63, 3.8) is 0 Å². The summed E-state index contributed by atoms with van der Waals surface area (Å²) < 4.78 is 31.7. The van der Waals surface area contributed by atoms with Gasteiger partial charge in [0, 0.05) is 32.0 Å². The van der Waals surface area contributed by atoms with Gasteiger partial charge in [0.1, 0.15) is 0 Å². The van der Waals surface area contributed by atoms with Crippen molar-refractivity contribution in [3.8, 4) is 0 Å². The SMILES string of the molecule is O=C(O)C(F)(F)F.O=C(O)CC1C=C(CNC(=O)CCCCNC2=NCCN2)C=Cc2ccccc21. The van der Waals surface area contributed by atoms with Crippen LogP contribution in [0.5, 0.6) is 0 Å². The summed E-state index contributed by atoms with van der Waals surface area (Å²) in [4.78, 5) is 36.6. The summed E-state index contributed by atoms with van der Waals surface area (Å²) >= 11 is 0. The maximum atomic E-state index is 12.2. The van der Waals surface area contributed by atoms with Crippen molar-refractivity contribution < 1.29 is 37.8 Å². The number of fused-ring (bicyclic) bond motifs is 1. The summed E-state index contributed by atoms with van der Waals surface area (Å²) in [5.41, 5.74) is 2.94. The van der Waals surface area contributed by atoms with E-state index in [4.69, 9.17) is 9.90 Å². The fraction of sp³-hybridized carbons (Fsp3) is 0.417. The Bertz CT molecular complexity index is 1020. The van der Waals surface area contributed by atoms with Gasteiger partial charge in [0.2, 0.25) is 5.91 Å². The number of hydrogen-bond acceptors (Lipinski definition) is 6. The molecule has 196 valence electrons. The molecule has 0 fully saturated rings. The van der Waals surface area contributed by atoms with Crippen molar-refractivity contribution in [2.75, 3.05) is 26.2 Å². The Balaban J connectivity index is 0.000000572. The van der Waals surface area contributed by atoms with E-state index in [-0.39, 0.29) is 18.2 Å². The predicted molar refractivity (Wildman–Crippen MR) is 127 cm³/mol. The van der Waals surface area contributed by atoms with Gasteiger partial charge < -0.3 is 26.2 Å². The van der Waals surface area contributed by atoms with Gasteiger partial charge in [-0.3, -0.25) is 14.6 Å². The van der Waals surface area contributed by atoms with Crippen molar-refractivity contribution in [1.29, 1.82) is 0 Å². The largest absolute Gasteiger partial charge is 0.490 e. The summed E-state index contributed by atoms with van der Waals surface area (Å²) in [6.07, 6.45) is 3.01. The molecule has 0 saturated carbocycles. The van der Waals surface area contributed by atoms with Crippen LogP contribution < -0.4 is 16.0 Å². The maximum Gasteiger partial charge on any atom is 0.490 e. The summed E-state index contributed by atoms with van der Waals surface area (Å²) in [6, 6.07) is 7.81. The van der Waals surface area contributed by atoms with E-state index < -0.39 is 18.1 Å². The van der Waals surface area contributed by atoms with Gasteiger partial charge in [-0.2, -0.15) is 13.2 Å². The molecule has 1 atom stereocenters. The Hall–Kier alpha value is -3.83. The van der Waals surface area contributed by atoms with E-state index in [9.17, 15) is 27.9 Å². The molecule has 12 heteroatoms. The third kappa shape index (κ3) is 10.2. The molecule has 1 aromatic rings. The Kier molecular flexibility index (Phi) is 11.0. The van der Waals surface area contributed by atoms with Crippen LogP contribution in [0.25, 0.3) is 6.08 Å². The number of amides is 1. The van der Waals surface area contributed by atoms with Gasteiger partial charge >= 0.3 is 18.1 Å². The van der Waals surface area contributed by atoms with E-state index in [0.29, 0.717) is 13.0 Å². The lowest BCUT2D eigenvalue weighted by atomic mass is 9.91. The molecule has 1 aromatic carbocycles. The molecule has 0 spiro atoms. The third-order valence-electron chi connectivity index (χ3n) is 5.21. The Morgan fingerprint density at radius 3 is 2.47 bits per heavy atom. The summed E-state index contributed by atoms with van der Waals surface area (Å²) in [6.45, 7) is 2.89. The number of alkyl halides is 3. The Labute approximate surface area is 206 Å². The first-order valence-corrected chi connectivity index (χ1v) is 11.3. The van der Waals surface area contributed by atoms with Crippen LogP contribution in [-0.4, -0.2) is 66.4 Å². The predicted octanol–water partition coefficient (Wildman–Crippen LogP) is 2.67. The average Bonchev–Trinajstić information content (AvgIpc) is 3.27. The number of nitrogens with zero attached hydrogens (tertiary/aromatic N) is 1. The number of carbonyl (C=O) groups excluding carboxylic acids is 1. The second-order valence-electron chi connectivity index (χ2n) is 8.03. The van der Waals surface area contributed by atoms with Gasteiger partial charge in [0.15, 0.2) is 5.96 Å². The number of carboxylic acids is 2. The zero-order chi connectivity index (χ0) is 26.6. The lowest BCUT2D eigenvalue weighted by molar-refractivity contribution is -0.192. The van der Waals surface area contributed by atoms with E-state index in [2.05, 4.69) is 20.9 Å². The fourth-order valence-corrected chi connectivity index (χ4v) is 3.50. The standard InChI is InChI=1S/C22H28N4O3.C2HF3O2/c27-20(7-3-4-10-23-22-24-11-12-25-22)26-15-16-8-9-17-5-1-2-6-19(17)18(13-16)14-21(28)29;3-2(4,5)1(6)7/h1-2,5-6,8-9,13,18H,3-4,7,10-12,14-15H2,(H,26,27)(H,28,29)(H2,23,24,25);(H,6,7). The third-order valence-corrected chi connectivity index (χ3v) is 5.21. The molecule has 1 aliphatic heterocycles. The average molecular weight is 511 g/mol. The van der Waals surface area contributed by atoms with Crippen molar-refractivity contribution >= 4 is 29.9 Å². The molecule has 0 aromatic heterocycles. The second kappa shape index (κ2) is 13.9. The van der Waals surface area contributed by atoms with Gasteiger partial charge in [-0.25, -0.2) is 4.79 Å². The molecule has 1 aliphatic carbocycles. The number of hydrogen-bond donors (Lipinski definition) is 5. The smallest absolute Gasteiger partial charge is 0.481 e. The highest BCUT2D eigenvalue weighted by atomic mass is 19.4. The molecule has 0 radical (unpaired) electrons. The molecule has 5 N–H and O–H groups in total. The summed E-state index contributed by atoms with van der Waals surface area (Å²) in [7, 11) is 0. The summed E-state index contributed by atoms with van der Waals surface area (Å²) in [5.74, 6) is -2.94. The number of unbranched alkanes of at least 4 members (excludes halogenated alkanes) is 1. The van der Waals surface area contributed by atoms with Crippen LogP contribution >= 0.6 is 0 Å². The van der Waals surface area contributed by atoms with Crippen molar-refractivity contribution in [3.05, 3.63) is 53.1 Å². The van der Waals surface area contributed by atoms with Crippen molar-refractivity contribution in [2.24, 2.45) is 4.99 Å². The van der Waals surface area contributed by atoms with Gasteiger partial charge in [-0.15, -0.1) is 0 Å². The van der Waals surface area contributed by atoms with E-state index >= 15 is 0 Å². The lowest BCUT2D eigenvalue weighted by Gasteiger charge is -2.13. The quantitative estimate of drug-likeness (QED) is 0.322. The van der Waals surface area contributed by atoms with Gasteiger partial charge in [-0.05, 0) is 29.5 Å². The summed E-state index contributed by atoms with van der Waals surface area (Å²) in [5, 5.41) is 25.7. The van der Waals surface area contributed by atoms with Crippen LogP contribution in [0.2, 0.25) is 0 Å². The molecule has 1 unspecified atom stereocenters. The maximum absolute atomic E-state index is 12.2. The van der Waals surface area contributed by atoms with Gasteiger partial charge in [-0.1, -0.05) is 42.5 Å². The number of carboxylic acid groups (broad SMARTS) is 2. The van der Waals surface area contributed by atoms with Crippen molar-refractivity contribution in [1.82, 2.24) is 16.0 Å². The topological polar surface area (TPSA) is 140 Å². The Morgan fingerprint density at radius 1 is 1.11 bits per heavy atom. The first kappa shape index (κ1) is 28.4. The normalized spacial score (nSPS) is 16.2. The van der Waals surface area contributed by atoms with Gasteiger partial charge in [0.05, 0.1) is 13.0 Å². The zero-order valence-electron chi connectivity index (χ0n) is 19.5. The molecule has 0 saturated heterocycles. The minimum atomic E-state index is -5.08. The van der Waals surface area contributed by atoms with E-state index in [1.165, 1.54) is 0 Å². The first-order valence-electron chi connectivity index (χ1n) is 11.3. The monoisotopic (exact) mass is 510 g/mol. The number of rotatable bonds is 9. The van der Waals surface area contributed by atoms with Gasteiger partial charge in [0.25, 0.3) is 0 Å². The van der Waals surface area contributed by atoms with Crippen LogP contribution in [0.3, 0.4) is 0 Å². The van der Waals surface area contributed by atoms with E-state index in [1.807, 2.05) is 42.5 Å². The first-order chi connectivity index (χ1) is 17.1. The van der Waals surface area contributed by atoms with Crippen LogP contribution in [0.4, 0.5) is 13.2 Å². The van der Waals surface area contributed by atoms with Crippen molar-refractivity contribution in [2.45, 2.75) is 37.8 Å². The molecule has 1 amide bonds. The molecule has 2 aliphatic rings. The highest BCUT2D eigenvalue weighted by Crippen LogP contribution is 2.30. The molecular weight excluding hydrogens is 481 g/mol. The molecular formula is C24H29F3N4O5. The fourth-order valence-electron chi connectivity index (χ4n) is 3.50. The minimum absolute atomic E-state index is 0.00665. The number of aliphatic carboxylic acids is 2. The van der Waals surface area contributed by atoms with Crippen LogP contribution in [0, 0.1) is 0 Å². The minimum Gasteiger partial charge on any atom is -0.481 e. The number of carbonyl (C=O) groups is 3. The number of benzene rings is 1. The molecule has 36 heavy (non-hydrogen) atoms. The van der Waals surface area contributed by atoms with Crippen LogP contribution in [-0.2, 0) is 14.4 Å². The van der Waals surface area contributed by atoms with Crippen LogP contribution in [0.15, 0.2) is 47.0 Å². The van der Waals surface area contributed by atoms with E-state index in [1.54, 1.807) is 0 Å². The number of allylic oxidation sites excluding steroid dienone is 1. The molecule has 0 bridgehead atoms. The number of aliphatic imine (C=N–C) groups is 1. The van der Waals surface area contributed by atoms with E-state index in [0.717, 1.165) is 55.1 Å². The molecule has 9 nitrogen and oxygen atoms in total. The van der Waals surface area contributed by atoms with Crippen LogP contribution in [0.1, 0.15) is 42.7 Å². The molecule has 1 heterocycles. The highest BCUT2D eigenvalue weighted by Gasteiger charge is 2.38.